The molecule has 0 aliphatic carbocycles. The Morgan fingerprint density at radius 2 is 1.50 bits per heavy atom. The molecule has 0 radical (unpaired) electrons. The van der Waals surface area contributed by atoms with Gasteiger partial charge in [0.2, 0.25) is 0 Å². The minimum absolute atomic E-state index is 0.0329. The summed E-state index contributed by atoms with van der Waals surface area (Å²) in [5.41, 5.74) is 0.364. The summed E-state index contributed by atoms with van der Waals surface area (Å²) in [6.07, 6.45) is 3.65. The minimum Gasteiger partial charge on any atom is -0.298 e. The van der Waals surface area contributed by atoms with Crippen LogP contribution in [0.4, 0.5) is 0 Å². The summed E-state index contributed by atoms with van der Waals surface area (Å²) in [5.74, 6) is -0.189. The van der Waals surface area contributed by atoms with Gasteiger partial charge in [0.15, 0.2) is 0 Å². The molecule has 0 aromatic heterocycles. The van der Waals surface area contributed by atoms with Crippen molar-refractivity contribution in [1.29, 1.82) is 0 Å². The van der Waals surface area contributed by atoms with E-state index in [1.165, 1.54) is 0 Å². The van der Waals surface area contributed by atoms with Crippen LogP contribution in [0, 0.1) is 10.8 Å². The van der Waals surface area contributed by atoms with E-state index >= 15 is 0 Å². The summed E-state index contributed by atoms with van der Waals surface area (Å²) < 4.78 is 0. The Labute approximate surface area is 128 Å². The number of carbonyl (C=O) groups excluding carboxylic acids is 1. The molecule has 0 aromatic carbocycles. The van der Waals surface area contributed by atoms with Gasteiger partial charge in [-0.1, -0.05) is 54.9 Å². The second-order valence-electron chi connectivity index (χ2n) is 8.34. The Bertz CT molecular complexity index is 273. The monoisotopic (exact) mass is 302 g/mol. The van der Waals surface area contributed by atoms with Gasteiger partial charge < -0.3 is 0 Å². The summed E-state index contributed by atoms with van der Waals surface area (Å²) >= 11 is 0. The fraction of sp³-hybridized carbons (Fsp3) is 0.938. The van der Waals surface area contributed by atoms with Gasteiger partial charge in [-0.3, -0.25) is 4.89 Å². The van der Waals surface area contributed by atoms with Crippen molar-refractivity contribution >= 4 is 16.2 Å². The molecule has 0 saturated heterocycles. The molecule has 1 atom stereocenters. The van der Waals surface area contributed by atoms with E-state index in [1.807, 2.05) is 0 Å². The summed E-state index contributed by atoms with van der Waals surface area (Å²) in [6.45, 7) is 15.2. The quantitative estimate of drug-likeness (QED) is 0.409. The van der Waals surface area contributed by atoms with Crippen LogP contribution in [0.15, 0.2) is 0 Å². The molecule has 0 amide bonds. The second kappa shape index (κ2) is 8.18. The maximum absolute atomic E-state index is 11.9. The van der Waals surface area contributed by atoms with E-state index in [0.29, 0.717) is 0 Å². The fourth-order valence-electron chi connectivity index (χ4n) is 2.25. The molecule has 0 saturated carbocycles. The van der Waals surface area contributed by atoms with Crippen LogP contribution in [-0.4, -0.2) is 22.3 Å². The minimum atomic E-state index is -0.189. The van der Waals surface area contributed by atoms with Gasteiger partial charge in [-0.05, 0) is 30.1 Å². The SMILES string of the molecule is CCCC([SiH3])C(=O)OOC(CC(C)(C)C)CC(C)(C)C. The Balaban J connectivity index is 4.46. The van der Waals surface area contributed by atoms with Crippen LogP contribution in [0.25, 0.3) is 0 Å². The Hall–Kier alpha value is -0.353. The van der Waals surface area contributed by atoms with Gasteiger partial charge in [-0.2, -0.15) is 4.89 Å². The van der Waals surface area contributed by atoms with Crippen LogP contribution >= 0.6 is 0 Å². The van der Waals surface area contributed by atoms with Crippen molar-refractivity contribution in [1.82, 2.24) is 0 Å². The van der Waals surface area contributed by atoms with Crippen molar-refractivity contribution < 1.29 is 14.6 Å². The highest BCUT2D eigenvalue weighted by atomic mass is 28.1. The van der Waals surface area contributed by atoms with Gasteiger partial charge in [0.25, 0.3) is 0 Å². The molecular weight excluding hydrogens is 268 g/mol. The zero-order valence-electron chi connectivity index (χ0n) is 14.7. The van der Waals surface area contributed by atoms with Crippen molar-refractivity contribution in [3.8, 4) is 0 Å². The highest BCUT2D eigenvalue weighted by Gasteiger charge is 2.27. The molecule has 3 nitrogen and oxygen atoms in total. The zero-order chi connectivity index (χ0) is 16.0. The lowest BCUT2D eigenvalue weighted by Crippen LogP contribution is -2.28. The maximum atomic E-state index is 11.9. The molecule has 0 aliphatic heterocycles. The number of rotatable bonds is 7. The highest BCUT2D eigenvalue weighted by molar-refractivity contribution is 6.22. The third kappa shape index (κ3) is 10.4. The van der Waals surface area contributed by atoms with E-state index in [-0.39, 0.29) is 28.4 Å². The lowest BCUT2D eigenvalue weighted by atomic mass is 9.82. The van der Waals surface area contributed by atoms with Crippen LogP contribution in [-0.2, 0) is 14.6 Å². The lowest BCUT2D eigenvalue weighted by Gasteiger charge is -2.29. The van der Waals surface area contributed by atoms with E-state index in [9.17, 15) is 4.79 Å². The van der Waals surface area contributed by atoms with Crippen molar-refractivity contribution in [3.63, 3.8) is 0 Å². The Morgan fingerprint density at radius 3 is 1.85 bits per heavy atom. The van der Waals surface area contributed by atoms with Crippen molar-refractivity contribution in [2.75, 3.05) is 0 Å². The van der Waals surface area contributed by atoms with Crippen LogP contribution < -0.4 is 0 Å². The molecule has 0 rings (SSSR count). The smallest absolute Gasteiger partial charge is 0.298 e. The van der Waals surface area contributed by atoms with Crippen molar-refractivity contribution in [2.24, 2.45) is 10.8 Å². The lowest BCUT2D eigenvalue weighted by molar-refractivity contribution is -0.305. The van der Waals surface area contributed by atoms with Gasteiger partial charge in [0, 0.05) is 15.8 Å². The summed E-state index contributed by atoms with van der Waals surface area (Å²) in [4.78, 5) is 22.5. The first-order chi connectivity index (χ1) is 8.94. The predicted octanol–water partition coefficient (Wildman–Crippen LogP) is 3.66. The van der Waals surface area contributed by atoms with Crippen LogP contribution in [0.1, 0.15) is 74.1 Å². The maximum Gasteiger partial charge on any atom is 0.341 e. The molecule has 0 fully saturated rings. The molecule has 0 bridgehead atoms. The van der Waals surface area contributed by atoms with E-state index in [1.54, 1.807) is 0 Å². The Morgan fingerprint density at radius 1 is 1.05 bits per heavy atom. The molecule has 20 heavy (non-hydrogen) atoms. The first-order valence-corrected chi connectivity index (χ1v) is 8.97. The van der Waals surface area contributed by atoms with Gasteiger partial charge in [-0.15, -0.1) is 0 Å². The third-order valence-electron chi connectivity index (χ3n) is 3.07. The summed E-state index contributed by atoms with van der Waals surface area (Å²) in [7, 11) is 0.823. The predicted molar refractivity (Wildman–Crippen MR) is 87.7 cm³/mol. The molecule has 0 spiro atoms. The number of carbonyl (C=O) groups is 1. The van der Waals surface area contributed by atoms with Crippen LogP contribution in [0.2, 0.25) is 5.54 Å². The standard InChI is InChI=1S/C16H34O3Si/c1-8-9-13(20)14(17)19-18-12(10-15(2,3)4)11-16(5,6)7/h12-13H,8-11H2,1-7,20H3. The largest absolute Gasteiger partial charge is 0.341 e. The first-order valence-electron chi connectivity index (χ1n) is 7.82. The molecular formula is C16H34O3Si. The van der Waals surface area contributed by atoms with Gasteiger partial charge in [-0.25, -0.2) is 4.79 Å². The number of hydrogen-bond donors (Lipinski definition) is 0. The fourth-order valence-corrected chi connectivity index (χ4v) is 2.93. The van der Waals surface area contributed by atoms with E-state index in [4.69, 9.17) is 9.78 Å². The van der Waals surface area contributed by atoms with Crippen LogP contribution in [0.3, 0.4) is 0 Å². The summed E-state index contributed by atoms with van der Waals surface area (Å²) in [6, 6.07) is 0. The van der Waals surface area contributed by atoms with E-state index < -0.39 is 0 Å². The molecule has 0 aliphatic rings. The van der Waals surface area contributed by atoms with Crippen LogP contribution in [0.5, 0.6) is 0 Å². The van der Waals surface area contributed by atoms with E-state index in [2.05, 4.69) is 48.5 Å². The molecule has 120 valence electrons. The zero-order valence-corrected chi connectivity index (χ0v) is 16.7. The van der Waals surface area contributed by atoms with Gasteiger partial charge in [0.1, 0.15) is 6.10 Å². The Kier molecular flexibility index (Phi) is 8.03. The van der Waals surface area contributed by atoms with Gasteiger partial charge in [0.05, 0.1) is 0 Å². The topological polar surface area (TPSA) is 35.5 Å². The van der Waals surface area contributed by atoms with Crippen molar-refractivity contribution in [3.05, 3.63) is 0 Å². The second-order valence-corrected chi connectivity index (χ2v) is 9.73. The molecule has 0 aromatic rings. The van der Waals surface area contributed by atoms with Crippen molar-refractivity contribution in [2.45, 2.75) is 85.8 Å². The number of hydrogen-bond acceptors (Lipinski definition) is 3. The normalized spacial score (nSPS) is 14.6. The molecule has 4 heteroatoms. The first kappa shape index (κ1) is 19.6. The van der Waals surface area contributed by atoms with Gasteiger partial charge >= 0.3 is 5.97 Å². The van der Waals surface area contributed by atoms with E-state index in [0.717, 1.165) is 35.9 Å². The highest BCUT2D eigenvalue weighted by Crippen LogP contribution is 2.30. The molecule has 0 N–H and O–H groups in total. The molecule has 0 heterocycles. The summed E-state index contributed by atoms with van der Waals surface area (Å²) in [5, 5.41) is 0. The molecule has 1 unspecified atom stereocenters. The average molecular weight is 303 g/mol. The third-order valence-corrected chi connectivity index (χ3v) is 4.12. The average Bonchev–Trinajstić information content (AvgIpc) is 2.21.